The smallest absolute Gasteiger partial charge is 0.0885 e. The molecular formula is C18H28O. The Bertz CT molecular complexity index is 398. The largest absolute Gasteiger partial charge is 0.513 e. The van der Waals surface area contributed by atoms with Gasteiger partial charge >= 0.3 is 0 Å². The highest BCUT2D eigenvalue weighted by Gasteiger charge is 2.52. The molecule has 0 heterocycles. The van der Waals surface area contributed by atoms with Gasteiger partial charge in [0, 0.05) is 6.42 Å². The molecule has 106 valence electrons. The summed E-state index contributed by atoms with van der Waals surface area (Å²) in [6.07, 6.45) is 14.6. The van der Waals surface area contributed by atoms with Crippen LogP contribution < -0.4 is 0 Å². The molecule has 1 heteroatoms. The monoisotopic (exact) mass is 260 g/mol. The van der Waals surface area contributed by atoms with Crippen LogP contribution in [0.15, 0.2) is 11.8 Å². The van der Waals surface area contributed by atoms with Gasteiger partial charge < -0.3 is 5.11 Å². The Balaban J connectivity index is 1.59. The van der Waals surface area contributed by atoms with Gasteiger partial charge in [0.25, 0.3) is 0 Å². The molecule has 3 saturated carbocycles. The Morgan fingerprint density at radius 2 is 1.95 bits per heavy atom. The Morgan fingerprint density at radius 1 is 1.05 bits per heavy atom. The molecule has 4 aliphatic carbocycles. The Kier molecular flexibility index (Phi) is 2.76. The van der Waals surface area contributed by atoms with Crippen molar-refractivity contribution in [2.75, 3.05) is 0 Å². The zero-order valence-electron chi connectivity index (χ0n) is 12.3. The van der Waals surface area contributed by atoms with Gasteiger partial charge in [-0.1, -0.05) is 13.3 Å². The lowest BCUT2D eigenvalue weighted by Crippen LogP contribution is -2.46. The van der Waals surface area contributed by atoms with Crippen molar-refractivity contribution in [2.24, 2.45) is 35.0 Å². The Morgan fingerprint density at radius 3 is 2.84 bits per heavy atom. The number of hydrogen-bond donors (Lipinski definition) is 1. The van der Waals surface area contributed by atoms with E-state index in [0.717, 1.165) is 36.0 Å². The maximum atomic E-state index is 9.80. The van der Waals surface area contributed by atoms with Crippen molar-refractivity contribution in [1.82, 2.24) is 0 Å². The summed E-state index contributed by atoms with van der Waals surface area (Å²) in [5, 5.41) is 9.80. The van der Waals surface area contributed by atoms with Crippen molar-refractivity contribution in [3.8, 4) is 0 Å². The van der Waals surface area contributed by atoms with Crippen molar-refractivity contribution in [1.29, 1.82) is 0 Å². The van der Waals surface area contributed by atoms with Gasteiger partial charge in [-0.05, 0) is 86.0 Å². The van der Waals surface area contributed by atoms with Gasteiger partial charge in [-0.15, -0.1) is 0 Å². The van der Waals surface area contributed by atoms with Crippen LogP contribution in [-0.2, 0) is 0 Å². The first-order chi connectivity index (χ1) is 9.17. The Hall–Kier alpha value is -0.460. The van der Waals surface area contributed by atoms with Gasteiger partial charge in [0.2, 0.25) is 0 Å². The third-order valence-electron chi connectivity index (χ3n) is 7.40. The molecule has 0 radical (unpaired) electrons. The van der Waals surface area contributed by atoms with E-state index < -0.39 is 0 Å². The third-order valence-corrected chi connectivity index (χ3v) is 7.40. The fourth-order valence-corrected chi connectivity index (χ4v) is 6.47. The molecule has 0 spiro atoms. The van der Waals surface area contributed by atoms with E-state index in [9.17, 15) is 5.11 Å². The quantitative estimate of drug-likeness (QED) is 0.644. The summed E-state index contributed by atoms with van der Waals surface area (Å²) < 4.78 is 0. The molecule has 0 bridgehead atoms. The van der Waals surface area contributed by atoms with E-state index >= 15 is 0 Å². The Labute approximate surface area is 117 Å². The highest BCUT2D eigenvalue weighted by Crippen LogP contribution is 2.62. The van der Waals surface area contributed by atoms with E-state index in [4.69, 9.17) is 0 Å². The molecule has 0 aromatic heterocycles. The molecule has 1 unspecified atom stereocenters. The molecule has 4 rings (SSSR count). The lowest BCUT2D eigenvalue weighted by atomic mass is 9.51. The van der Waals surface area contributed by atoms with Gasteiger partial charge in [-0.3, -0.25) is 0 Å². The first-order valence-electron chi connectivity index (χ1n) is 8.55. The van der Waals surface area contributed by atoms with Crippen molar-refractivity contribution in [3.63, 3.8) is 0 Å². The molecule has 6 atom stereocenters. The molecule has 1 N–H and O–H groups in total. The molecule has 4 aliphatic rings. The molecule has 0 aromatic rings. The van der Waals surface area contributed by atoms with Crippen LogP contribution >= 0.6 is 0 Å². The second kappa shape index (κ2) is 4.27. The second-order valence-electron chi connectivity index (χ2n) is 8.16. The van der Waals surface area contributed by atoms with E-state index in [-0.39, 0.29) is 0 Å². The van der Waals surface area contributed by atoms with Crippen LogP contribution in [0.1, 0.15) is 64.7 Å². The molecule has 19 heavy (non-hydrogen) atoms. The summed E-state index contributed by atoms with van der Waals surface area (Å²) in [5.74, 6) is 5.43. The highest BCUT2D eigenvalue weighted by atomic mass is 16.3. The average Bonchev–Trinajstić information content (AvgIpc) is 2.79. The molecule has 0 saturated heterocycles. The lowest BCUT2D eigenvalue weighted by Gasteiger charge is -2.54. The maximum Gasteiger partial charge on any atom is 0.0885 e. The van der Waals surface area contributed by atoms with Crippen LogP contribution in [0.5, 0.6) is 0 Å². The SMILES string of the molecule is C[C@@]12CCC[C@H]1[C@@H]1CCC3CC(O)=CC[C@@H]3[C@H]1CC2. The van der Waals surface area contributed by atoms with Crippen molar-refractivity contribution < 1.29 is 5.11 Å². The molecule has 3 fully saturated rings. The number of hydrogen-bond acceptors (Lipinski definition) is 1. The topological polar surface area (TPSA) is 20.2 Å². The standard InChI is InChI=1S/C18H28O/c1-18-9-2-3-17(18)16-6-4-12-11-13(19)5-7-14(12)15(16)8-10-18/h5,12,14-17,19H,2-4,6-11H2,1H3/t12?,14-,15+,16+,17-,18-/m0/s1. The van der Waals surface area contributed by atoms with Crippen LogP contribution in [0.3, 0.4) is 0 Å². The lowest BCUT2D eigenvalue weighted by molar-refractivity contribution is -0.0407. The van der Waals surface area contributed by atoms with Crippen molar-refractivity contribution >= 4 is 0 Å². The normalized spacial score (nSPS) is 52.9. The van der Waals surface area contributed by atoms with Crippen LogP contribution in [0.2, 0.25) is 0 Å². The number of aliphatic hydroxyl groups excluding tert-OH is 1. The predicted octanol–water partition coefficient (Wildman–Crippen LogP) is 5.08. The second-order valence-corrected chi connectivity index (χ2v) is 8.16. The van der Waals surface area contributed by atoms with E-state index in [0.29, 0.717) is 11.2 Å². The van der Waals surface area contributed by atoms with E-state index in [1.54, 1.807) is 0 Å². The van der Waals surface area contributed by atoms with Crippen molar-refractivity contribution in [2.45, 2.75) is 64.7 Å². The third kappa shape index (κ3) is 1.80. The van der Waals surface area contributed by atoms with Crippen molar-refractivity contribution in [3.05, 3.63) is 11.8 Å². The first-order valence-corrected chi connectivity index (χ1v) is 8.55. The summed E-state index contributed by atoms with van der Waals surface area (Å²) in [7, 11) is 0. The molecular weight excluding hydrogens is 232 g/mol. The first kappa shape index (κ1) is 12.3. The molecule has 0 aromatic carbocycles. The van der Waals surface area contributed by atoms with E-state index in [2.05, 4.69) is 13.0 Å². The number of aliphatic hydroxyl groups is 1. The van der Waals surface area contributed by atoms with Crippen LogP contribution in [0.4, 0.5) is 0 Å². The fourth-order valence-electron chi connectivity index (χ4n) is 6.47. The minimum absolute atomic E-state index is 0.682. The number of fused-ring (bicyclic) bond motifs is 5. The van der Waals surface area contributed by atoms with E-state index in [1.807, 2.05) is 0 Å². The zero-order chi connectivity index (χ0) is 13.0. The highest BCUT2D eigenvalue weighted by molar-refractivity contribution is 5.08. The van der Waals surface area contributed by atoms with Gasteiger partial charge in [-0.2, -0.15) is 0 Å². The summed E-state index contributed by atoms with van der Waals surface area (Å²) in [5.41, 5.74) is 0.695. The van der Waals surface area contributed by atoms with Crippen LogP contribution in [-0.4, -0.2) is 5.11 Å². The van der Waals surface area contributed by atoms with Gasteiger partial charge in [0.05, 0.1) is 5.76 Å². The average molecular weight is 260 g/mol. The van der Waals surface area contributed by atoms with E-state index in [1.165, 1.54) is 51.4 Å². The molecule has 1 nitrogen and oxygen atoms in total. The van der Waals surface area contributed by atoms with Gasteiger partial charge in [0.15, 0.2) is 0 Å². The summed E-state index contributed by atoms with van der Waals surface area (Å²) in [6, 6.07) is 0. The molecule has 0 amide bonds. The fraction of sp³-hybridized carbons (Fsp3) is 0.889. The van der Waals surface area contributed by atoms with Gasteiger partial charge in [0.1, 0.15) is 0 Å². The van der Waals surface area contributed by atoms with Crippen LogP contribution in [0, 0.1) is 35.0 Å². The number of rotatable bonds is 0. The maximum absolute atomic E-state index is 9.80. The minimum atomic E-state index is 0.682. The van der Waals surface area contributed by atoms with Gasteiger partial charge in [-0.25, -0.2) is 0 Å². The summed E-state index contributed by atoms with van der Waals surface area (Å²) in [4.78, 5) is 0. The summed E-state index contributed by atoms with van der Waals surface area (Å²) in [6.45, 7) is 2.58. The molecule has 0 aliphatic heterocycles. The van der Waals surface area contributed by atoms with Crippen LogP contribution in [0.25, 0.3) is 0 Å². The number of allylic oxidation sites excluding steroid dienone is 2. The summed E-state index contributed by atoms with van der Waals surface area (Å²) >= 11 is 0. The predicted molar refractivity (Wildman–Crippen MR) is 77.8 cm³/mol. The minimum Gasteiger partial charge on any atom is -0.513 e. The zero-order valence-corrected chi connectivity index (χ0v) is 12.3.